The topological polar surface area (TPSA) is 202 Å². The van der Waals surface area contributed by atoms with E-state index in [1.54, 1.807) is 11.0 Å². The number of hydrogen-bond acceptors (Lipinski definition) is 11. The highest BCUT2D eigenvalue weighted by atomic mass is 16.2. The molecule has 52 heavy (non-hydrogen) atoms. The number of carbonyl (C=O) groups is 4. The lowest BCUT2D eigenvalue weighted by atomic mass is 10.0. The van der Waals surface area contributed by atoms with Crippen molar-refractivity contribution in [1.29, 1.82) is 0 Å². The van der Waals surface area contributed by atoms with Crippen molar-refractivity contribution in [1.82, 2.24) is 40.5 Å². The largest absolute Gasteiger partial charge is 0.385 e. The molecule has 1 fully saturated rings. The van der Waals surface area contributed by atoms with Crippen molar-refractivity contribution >= 4 is 41.2 Å². The fourth-order valence-electron chi connectivity index (χ4n) is 7.15. The number of fused-ring (bicyclic) bond motifs is 4. The Balaban J connectivity index is 0.788. The number of nitrogens with zero attached hydrogens (tertiary/aromatic N) is 6. The predicted octanol–water partition coefficient (Wildman–Crippen LogP) is 3.15. The zero-order chi connectivity index (χ0) is 36.0. The van der Waals surface area contributed by atoms with E-state index in [9.17, 15) is 19.2 Å². The van der Waals surface area contributed by atoms with E-state index in [1.165, 1.54) is 10.2 Å². The second-order valence-electron chi connectivity index (χ2n) is 13.4. The van der Waals surface area contributed by atoms with E-state index in [1.807, 2.05) is 24.3 Å². The van der Waals surface area contributed by atoms with Gasteiger partial charge < -0.3 is 26.6 Å². The van der Waals surface area contributed by atoms with E-state index in [2.05, 4.69) is 59.7 Å². The molecule has 15 heteroatoms. The summed E-state index contributed by atoms with van der Waals surface area (Å²) >= 11 is 0. The number of hydrogen-bond donors (Lipinski definition) is 5. The van der Waals surface area contributed by atoms with E-state index in [0.717, 1.165) is 79.6 Å². The van der Waals surface area contributed by atoms with Crippen LogP contribution in [0.3, 0.4) is 0 Å². The quantitative estimate of drug-likeness (QED) is 0.0953. The van der Waals surface area contributed by atoms with Gasteiger partial charge in [0, 0.05) is 61.4 Å². The van der Waals surface area contributed by atoms with Crippen LogP contribution in [-0.4, -0.2) is 79.2 Å². The number of imide groups is 1. The number of rotatable bonds is 14. The SMILES string of the molecule is Nc1nc(NCCNC(=O)CCCCCCNc2cccc3c2CN(C2CCC(=O)NC2=O)C3=O)nn1-c1cc2c(nn1)-c1ccccc1CCC2. The lowest BCUT2D eigenvalue weighted by Crippen LogP contribution is -2.52. The molecule has 270 valence electrons. The van der Waals surface area contributed by atoms with Crippen LogP contribution in [0.5, 0.6) is 0 Å². The molecule has 1 aliphatic carbocycles. The van der Waals surface area contributed by atoms with Gasteiger partial charge in [0.25, 0.3) is 5.91 Å². The Hall–Kier alpha value is -5.86. The normalized spacial score (nSPS) is 16.4. The Labute approximate surface area is 301 Å². The van der Waals surface area contributed by atoms with Crippen LogP contribution in [0.1, 0.15) is 78.4 Å². The Morgan fingerprint density at radius 1 is 0.885 bits per heavy atom. The number of amides is 4. The molecule has 0 bridgehead atoms. The third-order valence-corrected chi connectivity index (χ3v) is 9.83. The van der Waals surface area contributed by atoms with Crippen LogP contribution in [0.15, 0.2) is 48.5 Å². The van der Waals surface area contributed by atoms with Crippen molar-refractivity contribution in [2.75, 3.05) is 36.0 Å². The maximum atomic E-state index is 13.0. The van der Waals surface area contributed by atoms with Crippen LogP contribution in [0.2, 0.25) is 0 Å². The van der Waals surface area contributed by atoms with Crippen molar-refractivity contribution in [3.63, 3.8) is 0 Å². The highest BCUT2D eigenvalue weighted by molar-refractivity contribution is 6.06. The third kappa shape index (κ3) is 7.57. The summed E-state index contributed by atoms with van der Waals surface area (Å²) in [5.74, 6) is 0.154. The first-order valence-corrected chi connectivity index (χ1v) is 18.0. The Kier molecular flexibility index (Phi) is 10.4. The molecule has 4 amide bonds. The van der Waals surface area contributed by atoms with Crippen LogP contribution in [0, 0.1) is 0 Å². The van der Waals surface area contributed by atoms with Crippen LogP contribution in [0.4, 0.5) is 17.6 Å². The number of nitrogens with one attached hydrogen (secondary N) is 4. The van der Waals surface area contributed by atoms with Gasteiger partial charge in [-0.2, -0.15) is 9.67 Å². The molecular formula is C37H43N11O4. The number of piperidine rings is 1. The molecule has 4 aromatic rings. The van der Waals surface area contributed by atoms with Crippen LogP contribution in [-0.2, 0) is 33.8 Å². The average molecular weight is 706 g/mol. The van der Waals surface area contributed by atoms with Crippen molar-refractivity contribution in [2.24, 2.45) is 0 Å². The number of nitrogen functional groups attached to an aromatic ring is 1. The minimum atomic E-state index is -0.633. The minimum Gasteiger partial charge on any atom is -0.385 e. The van der Waals surface area contributed by atoms with E-state index in [-0.39, 0.29) is 30.1 Å². The van der Waals surface area contributed by atoms with Crippen LogP contribution < -0.4 is 27.0 Å². The molecule has 4 heterocycles. The number of unbranched alkanes of at least 4 members (excludes halogenated alkanes) is 3. The molecule has 0 saturated carbocycles. The molecule has 1 saturated heterocycles. The number of anilines is 3. The van der Waals surface area contributed by atoms with Gasteiger partial charge >= 0.3 is 0 Å². The van der Waals surface area contributed by atoms with Gasteiger partial charge in [-0.3, -0.25) is 24.5 Å². The second-order valence-corrected chi connectivity index (χ2v) is 13.4. The van der Waals surface area contributed by atoms with Crippen molar-refractivity contribution < 1.29 is 19.2 Å². The molecule has 2 aromatic heterocycles. The molecule has 2 aromatic carbocycles. The summed E-state index contributed by atoms with van der Waals surface area (Å²) in [5, 5.41) is 25.3. The fraction of sp³-hybridized carbons (Fsp3) is 0.405. The summed E-state index contributed by atoms with van der Waals surface area (Å²) in [5.41, 5.74) is 12.9. The van der Waals surface area contributed by atoms with E-state index in [4.69, 9.17) is 5.73 Å². The molecule has 0 radical (unpaired) electrons. The smallest absolute Gasteiger partial charge is 0.255 e. The number of aryl methyl sites for hydroxylation is 2. The number of benzene rings is 2. The molecular weight excluding hydrogens is 662 g/mol. The van der Waals surface area contributed by atoms with Gasteiger partial charge in [0.05, 0.1) is 5.69 Å². The predicted molar refractivity (Wildman–Crippen MR) is 194 cm³/mol. The second kappa shape index (κ2) is 15.6. The molecule has 15 nitrogen and oxygen atoms in total. The summed E-state index contributed by atoms with van der Waals surface area (Å²) in [4.78, 5) is 55.2. The third-order valence-electron chi connectivity index (χ3n) is 9.83. The first kappa shape index (κ1) is 34.6. The molecule has 1 unspecified atom stereocenters. The van der Waals surface area contributed by atoms with Gasteiger partial charge in [0.15, 0.2) is 5.82 Å². The first-order chi connectivity index (χ1) is 25.4. The van der Waals surface area contributed by atoms with E-state index < -0.39 is 11.9 Å². The Morgan fingerprint density at radius 2 is 1.71 bits per heavy atom. The minimum absolute atomic E-state index is 0.00941. The highest BCUT2D eigenvalue weighted by Crippen LogP contribution is 2.33. The summed E-state index contributed by atoms with van der Waals surface area (Å²) < 4.78 is 1.48. The maximum Gasteiger partial charge on any atom is 0.255 e. The Morgan fingerprint density at radius 3 is 2.60 bits per heavy atom. The lowest BCUT2D eigenvalue weighted by Gasteiger charge is -2.29. The zero-order valence-corrected chi connectivity index (χ0v) is 29.0. The highest BCUT2D eigenvalue weighted by Gasteiger charge is 2.39. The van der Waals surface area contributed by atoms with Gasteiger partial charge in [-0.15, -0.1) is 15.3 Å². The van der Waals surface area contributed by atoms with Crippen LogP contribution >= 0.6 is 0 Å². The maximum absolute atomic E-state index is 13.0. The van der Waals surface area contributed by atoms with Crippen LogP contribution in [0.25, 0.3) is 17.1 Å². The van der Waals surface area contributed by atoms with Crippen molar-refractivity contribution in [3.8, 4) is 17.1 Å². The summed E-state index contributed by atoms with van der Waals surface area (Å²) in [6.07, 6.45) is 7.48. The fourth-order valence-corrected chi connectivity index (χ4v) is 7.15. The standard InChI is InChI=1S/C37H43N11O4/c38-36-43-37(46-48(36)30-21-24-11-7-10-23-9-4-5-12-25(23)33(24)45-44-30)41-20-19-40-31(49)15-3-1-2-6-18-39-28-14-8-13-26-27(28)22-47(35(26)52)29-16-17-32(50)42-34(29)51/h4-5,8-9,12-14,21,29,39H,1-3,6-7,10-11,15-20,22H2,(H,40,49)(H,42,50,51)(H3,38,41,43,46). The van der Waals surface area contributed by atoms with Gasteiger partial charge in [-0.25, -0.2) is 0 Å². The van der Waals surface area contributed by atoms with Gasteiger partial charge in [-0.1, -0.05) is 43.2 Å². The summed E-state index contributed by atoms with van der Waals surface area (Å²) in [6, 6.07) is 15.2. The van der Waals surface area contributed by atoms with E-state index in [0.29, 0.717) is 49.8 Å². The first-order valence-electron chi connectivity index (χ1n) is 18.0. The van der Waals surface area contributed by atoms with Gasteiger partial charge in [0.2, 0.25) is 29.6 Å². The number of nitrogens with two attached hydrogens (primary N) is 1. The monoisotopic (exact) mass is 705 g/mol. The molecule has 2 aliphatic heterocycles. The lowest BCUT2D eigenvalue weighted by molar-refractivity contribution is -0.137. The molecule has 1 atom stereocenters. The average Bonchev–Trinajstić information content (AvgIpc) is 3.62. The number of aromatic nitrogens is 5. The molecule has 7 rings (SSSR count). The van der Waals surface area contributed by atoms with Gasteiger partial charge in [0.1, 0.15) is 6.04 Å². The Bertz CT molecular complexity index is 1990. The zero-order valence-electron chi connectivity index (χ0n) is 29.0. The number of carbonyl (C=O) groups excluding carboxylic acids is 4. The van der Waals surface area contributed by atoms with E-state index >= 15 is 0 Å². The van der Waals surface area contributed by atoms with Gasteiger partial charge in [-0.05, 0) is 67.9 Å². The van der Waals surface area contributed by atoms with Crippen molar-refractivity contribution in [3.05, 3.63) is 70.8 Å². The molecule has 0 spiro atoms. The summed E-state index contributed by atoms with van der Waals surface area (Å²) in [6.45, 7) is 1.92. The molecule has 3 aliphatic rings. The van der Waals surface area contributed by atoms with Crippen molar-refractivity contribution in [2.45, 2.75) is 76.8 Å². The molecule has 6 N–H and O–H groups in total. The summed E-state index contributed by atoms with van der Waals surface area (Å²) in [7, 11) is 0.